The average molecular weight is 269 g/mol. The van der Waals surface area contributed by atoms with Gasteiger partial charge in [-0.3, -0.25) is 0 Å². The van der Waals surface area contributed by atoms with Crippen LogP contribution in [0.5, 0.6) is 0 Å². The lowest BCUT2D eigenvalue weighted by Crippen LogP contribution is -2.37. The van der Waals surface area contributed by atoms with Gasteiger partial charge in [0.15, 0.2) is 0 Å². The summed E-state index contributed by atoms with van der Waals surface area (Å²) in [6.07, 6.45) is 6.68. The molecule has 0 heterocycles. The third-order valence-electron chi connectivity index (χ3n) is 4.46. The predicted octanol–water partition coefficient (Wildman–Crippen LogP) is 4.66. The van der Waals surface area contributed by atoms with Crippen molar-refractivity contribution in [3.63, 3.8) is 0 Å². The summed E-state index contributed by atoms with van der Waals surface area (Å²) in [5.41, 5.74) is 1.84. The molecule has 108 valence electrons. The van der Waals surface area contributed by atoms with E-state index in [1.165, 1.54) is 32.1 Å². The summed E-state index contributed by atoms with van der Waals surface area (Å²) in [4.78, 5) is 0. The van der Waals surface area contributed by atoms with E-state index in [1.807, 2.05) is 6.92 Å². The van der Waals surface area contributed by atoms with E-state index in [0.29, 0.717) is 12.3 Å². The quantitative estimate of drug-likeness (QED) is 0.691. The van der Waals surface area contributed by atoms with Crippen molar-refractivity contribution in [3.05, 3.63) is 24.4 Å². The molecule has 2 saturated carbocycles. The first-order valence-corrected chi connectivity index (χ1v) is 7.37. The van der Waals surface area contributed by atoms with Crippen LogP contribution in [0.15, 0.2) is 24.4 Å². The number of rotatable bonds is 6. The summed E-state index contributed by atoms with van der Waals surface area (Å²) in [7, 11) is 0. The van der Waals surface area contributed by atoms with Crippen molar-refractivity contribution in [1.29, 1.82) is 0 Å². The Morgan fingerprint density at radius 3 is 2.32 bits per heavy atom. The summed E-state index contributed by atoms with van der Waals surface area (Å²) >= 11 is 0. The molecule has 2 rings (SSSR count). The molecule has 0 amide bonds. The summed E-state index contributed by atoms with van der Waals surface area (Å²) < 4.78 is 25.8. The van der Waals surface area contributed by atoms with E-state index in [2.05, 4.69) is 18.5 Å². The number of allylic oxidation sites excluding steroid dienone is 1. The zero-order valence-electron chi connectivity index (χ0n) is 11.9. The predicted molar refractivity (Wildman–Crippen MR) is 75.1 cm³/mol. The number of nitrogens with one attached hydrogen (secondary N) is 1. The molecule has 2 atom stereocenters. The molecule has 0 aromatic rings. The lowest BCUT2D eigenvalue weighted by atomic mass is 9.81. The first-order valence-electron chi connectivity index (χ1n) is 7.37. The van der Waals surface area contributed by atoms with Gasteiger partial charge in [-0.15, -0.1) is 0 Å². The molecule has 0 spiro atoms. The van der Waals surface area contributed by atoms with Crippen molar-refractivity contribution < 1.29 is 8.78 Å². The Morgan fingerprint density at radius 1 is 1.26 bits per heavy atom. The van der Waals surface area contributed by atoms with Gasteiger partial charge in [-0.25, -0.2) is 8.78 Å². The zero-order valence-corrected chi connectivity index (χ0v) is 11.9. The van der Waals surface area contributed by atoms with Crippen molar-refractivity contribution in [2.45, 2.75) is 63.8 Å². The minimum absolute atomic E-state index is 0.0227. The molecular weight excluding hydrogens is 244 g/mol. The van der Waals surface area contributed by atoms with E-state index < -0.39 is 11.8 Å². The van der Waals surface area contributed by atoms with Crippen molar-refractivity contribution in [2.75, 3.05) is 0 Å². The Balaban J connectivity index is 1.85. The third-order valence-corrected chi connectivity index (χ3v) is 4.46. The Morgan fingerprint density at radius 2 is 1.84 bits per heavy atom. The minimum atomic E-state index is -2.45. The number of hydrogen-bond donors (Lipinski definition) is 1. The van der Waals surface area contributed by atoms with Crippen molar-refractivity contribution in [1.82, 2.24) is 5.32 Å². The van der Waals surface area contributed by atoms with Crippen molar-refractivity contribution >= 4 is 0 Å². The Kier molecular flexibility index (Phi) is 4.32. The van der Waals surface area contributed by atoms with Gasteiger partial charge in [0.1, 0.15) is 0 Å². The normalized spacial score (nSPS) is 27.6. The van der Waals surface area contributed by atoms with Gasteiger partial charge < -0.3 is 5.32 Å². The monoisotopic (exact) mass is 269 g/mol. The van der Waals surface area contributed by atoms with Crippen LogP contribution in [0, 0.1) is 11.8 Å². The van der Waals surface area contributed by atoms with E-state index in [9.17, 15) is 8.78 Å². The van der Waals surface area contributed by atoms with Gasteiger partial charge >= 0.3 is 0 Å². The molecule has 0 aromatic heterocycles. The van der Waals surface area contributed by atoms with E-state index in [1.54, 1.807) is 0 Å². The van der Waals surface area contributed by atoms with Gasteiger partial charge in [0.2, 0.25) is 0 Å². The second-order valence-electron chi connectivity index (χ2n) is 6.34. The molecule has 1 nitrogen and oxygen atoms in total. The maximum atomic E-state index is 12.9. The van der Waals surface area contributed by atoms with Crippen molar-refractivity contribution in [3.8, 4) is 0 Å². The van der Waals surface area contributed by atoms with Gasteiger partial charge in [-0.05, 0) is 32.1 Å². The SMILES string of the molecule is C=C(CC1CC1(F)F)NC(C(=C)C)C1CCCCC1. The van der Waals surface area contributed by atoms with Gasteiger partial charge in [-0.2, -0.15) is 0 Å². The summed E-state index contributed by atoms with van der Waals surface area (Å²) in [6.45, 7) is 10.0. The van der Waals surface area contributed by atoms with E-state index in [4.69, 9.17) is 0 Å². The fourth-order valence-corrected chi connectivity index (χ4v) is 3.18. The van der Waals surface area contributed by atoms with Gasteiger partial charge in [0.05, 0.1) is 0 Å². The molecule has 0 radical (unpaired) electrons. The summed E-state index contributed by atoms with van der Waals surface area (Å²) in [5.74, 6) is -2.36. The molecule has 0 saturated heterocycles. The second-order valence-corrected chi connectivity index (χ2v) is 6.34. The molecule has 0 bridgehead atoms. The fourth-order valence-electron chi connectivity index (χ4n) is 3.18. The minimum Gasteiger partial charge on any atom is -0.382 e. The van der Waals surface area contributed by atoms with Gasteiger partial charge in [0.25, 0.3) is 5.92 Å². The highest BCUT2D eigenvalue weighted by molar-refractivity contribution is 5.12. The maximum Gasteiger partial charge on any atom is 0.252 e. The third kappa shape index (κ3) is 3.80. The van der Waals surface area contributed by atoms with Gasteiger partial charge in [-0.1, -0.05) is 38.0 Å². The molecule has 2 unspecified atom stereocenters. The molecule has 2 aliphatic rings. The topological polar surface area (TPSA) is 12.0 Å². The molecule has 0 aliphatic heterocycles. The first-order chi connectivity index (χ1) is 8.90. The van der Waals surface area contributed by atoms with Crippen LogP contribution >= 0.6 is 0 Å². The standard InChI is InChI=1S/C16H25F2N/c1-11(2)15(13-7-5-4-6-8-13)19-12(3)9-14-10-16(14,17)18/h13-15,19H,1,3-10H2,2H3. The van der Waals surface area contributed by atoms with Crippen LogP contribution in [0.2, 0.25) is 0 Å². The Labute approximate surface area is 115 Å². The molecule has 1 N–H and O–H groups in total. The summed E-state index contributed by atoms with van der Waals surface area (Å²) in [6, 6.07) is 0.208. The maximum absolute atomic E-state index is 12.9. The van der Waals surface area contributed by atoms with Crippen LogP contribution < -0.4 is 5.32 Å². The highest BCUT2D eigenvalue weighted by atomic mass is 19.3. The van der Waals surface area contributed by atoms with E-state index in [-0.39, 0.29) is 12.5 Å². The molecule has 2 aliphatic carbocycles. The molecule has 0 aromatic carbocycles. The zero-order chi connectivity index (χ0) is 14.0. The van der Waals surface area contributed by atoms with Crippen LogP contribution in [0.25, 0.3) is 0 Å². The number of hydrogen-bond acceptors (Lipinski definition) is 1. The largest absolute Gasteiger partial charge is 0.382 e. The highest BCUT2D eigenvalue weighted by Crippen LogP contribution is 2.51. The van der Waals surface area contributed by atoms with Gasteiger partial charge in [0, 0.05) is 24.1 Å². The van der Waals surface area contributed by atoms with Crippen LogP contribution in [0.4, 0.5) is 8.78 Å². The van der Waals surface area contributed by atoms with Crippen LogP contribution in [0.3, 0.4) is 0 Å². The van der Waals surface area contributed by atoms with E-state index >= 15 is 0 Å². The Bertz CT molecular complexity index is 356. The highest BCUT2D eigenvalue weighted by Gasteiger charge is 2.56. The lowest BCUT2D eigenvalue weighted by molar-refractivity contribution is 0.0984. The molecular formula is C16H25F2N. The van der Waals surface area contributed by atoms with Crippen molar-refractivity contribution in [2.24, 2.45) is 11.8 Å². The molecule has 2 fully saturated rings. The molecule has 19 heavy (non-hydrogen) atoms. The van der Waals surface area contributed by atoms with Crippen LogP contribution in [-0.2, 0) is 0 Å². The Hall–Kier alpha value is -0.860. The molecule has 3 heteroatoms. The average Bonchev–Trinajstić information content (AvgIpc) is 2.94. The van der Waals surface area contributed by atoms with Crippen LogP contribution in [-0.4, -0.2) is 12.0 Å². The number of alkyl halides is 2. The fraction of sp³-hybridized carbons (Fsp3) is 0.750. The van der Waals surface area contributed by atoms with E-state index in [0.717, 1.165) is 11.3 Å². The van der Waals surface area contributed by atoms with Crippen LogP contribution in [0.1, 0.15) is 51.9 Å². The lowest BCUT2D eigenvalue weighted by Gasteiger charge is -2.32. The summed E-state index contributed by atoms with van der Waals surface area (Å²) in [5, 5.41) is 3.37. The second kappa shape index (κ2) is 5.64. The smallest absolute Gasteiger partial charge is 0.252 e. The number of halogens is 2. The first kappa shape index (κ1) is 14.5.